The maximum absolute atomic E-state index is 14.1. The molecule has 2 aromatic rings. The lowest BCUT2D eigenvalue weighted by Gasteiger charge is -2.57. The van der Waals surface area contributed by atoms with E-state index in [-0.39, 0.29) is 12.6 Å². The summed E-state index contributed by atoms with van der Waals surface area (Å²) in [5.41, 5.74) is -2.13. The van der Waals surface area contributed by atoms with Crippen molar-refractivity contribution >= 4 is 52.0 Å². The molecule has 0 radical (unpaired) electrons. The fourth-order valence-electron chi connectivity index (χ4n) is 5.25. The highest BCUT2D eigenvalue weighted by Gasteiger charge is 2.53. The number of carbonyl (C=O) groups excluding carboxylic acids is 3. The van der Waals surface area contributed by atoms with E-state index in [0.29, 0.717) is 13.1 Å². The standard InChI is InChI=1S/C22H30ClF2N3O3.C7H2Cl2F2O/c1-21(2,3)31-20(30)28-12-22(13-28,16-7-5-6-10-27(16)4)11-26-19(29)17-14(24)8-9-15(25)18(17)23;8-6-4(11)2-1-3(10)5(6)7(9)12/h8-9,16H,5-7,10-13H2,1-4H3,(H,26,29);1-2H. The number of nitrogens with zero attached hydrogens (tertiary/aromatic N) is 2. The van der Waals surface area contributed by atoms with Gasteiger partial charge < -0.3 is 19.9 Å². The Morgan fingerprint density at radius 1 is 0.930 bits per heavy atom. The smallest absolute Gasteiger partial charge is 0.410 e. The number of hydrogen-bond acceptors (Lipinski definition) is 5. The van der Waals surface area contributed by atoms with Gasteiger partial charge in [-0.15, -0.1) is 0 Å². The van der Waals surface area contributed by atoms with E-state index in [4.69, 9.17) is 39.5 Å². The van der Waals surface area contributed by atoms with Crippen LogP contribution in [0.3, 0.4) is 0 Å². The van der Waals surface area contributed by atoms with Crippen LogP contribution in [0.4, 0.5) is 22.4 Å². The number of hydrogen-bond donors (Lipinski definition) is 1. The van der Waals surface area contributed by atoms with Crippen molar-refractivity contribution in [3.05, 3.63) is 68.7 Å². The fourth-order valence-corrected chi connectivity index (χ4v) is 5.96. The number of benzene rings is 2. The first-order valence-electron chi connectivity index (χ1n) is 13.4. The van der Waals surface area contributed by atoms with E-state index in [1.165, 1.54) is 0 Å². The molecule has 2 saturated heterocycles. The largest absolute Gasteiger partial charge is 0.444 e. The fraction of sp³-hybridized carbons (Fsp3) is 0.483. The first-order chi connectivity index (χ1) is 20.0. The molecule has 2 amide bonds. The van der Waals surface area contributed by atoms with E-state index in [9.17, 15) is 31.9 Å². The summed E-state index contributed by atoms with van der Waals surface area (Å²) in [4.78, 5) is 39.5. The van der Waals surface area contributed by atoms with Crippen LogP contribution in [0.2, 0.25) is 10.0 Å². The summed E-state index contributed by atoms with van der Waals surface area (Å²) in [5, 5.41) is 0.502. The topological polar surface area (TPSA) is 79.0 Å². The number of ether oxygens (including phenoxy) is 1. The second-order valence-electron chi connectivity index (χ2n) is 11.6. The molecule has 0 aliphatic carbocycles. The lowest BCUT2D eigenvalue weighted by atomic mass is 9.70. The number of piperidine rings is 1. The molecule has 236 valence electrons. The van der Waals surface area contributed by atoms with Crippen LogP contribution in [-0.4, -0.2) is 71.9 Å². The Morgan fingerprint density at radius 2 is 1.44 bits per heavy atom. The number of halogens is 7. The van der Waals surface area contributed by atoms with Gasteiger partial charge >= 0.3 is 6.09 Å². The predicted octanol–water partition coefficient (Wildman–Crippen LogP) is 7.07. The van der Waals surface area contributed by atoms with Crippen LogP contribution in [0.1, 0.15) is 60.7 Å². The molecule has 2 fully saturated rings. The van der Waals surface area contributed by atoms with E-state index >= 15 is 0 Å². The van der Waals surface area contributed by atoms with Gasteiger partial charge in [-0.1, -0.05) is 29.6 Å². The molecular formula is C29H32Cl3F4N3O4. The molecule has 2 aromatic carbocycles. The predicted molar refractivity (Wildman–Crippen MR) is 156 cm³/mol. The molecule has 0 spiro atoms. The maximum atomic E-state index is 14.1. The van der Waals surface area contributed by atoms with Crippen molar-refractivity contribution in [1.29, 1.82) is 0 Å². The van der Waals surface area contributed by atoms with Crippen LogP contribution in [0.25, 0.3) is 0 Å². The summed E-state index contributed by atoms with van der Waals surface area (Å²) < 4.78 is 58.7. The van der Waals surface area contributed by atoms with Crippen LogP contribution in [0.5, 0.6) is 0 Å². The van der Waals surface area contributed by atoms with Crippen molar-refractivity contribution in [2.24, 2.45) is 5.41 Å². The van der Waals surface area contributed by atoms with Crippen LogP contribution >= 0.6 is 34.8 Å². The van der Waals surface area contributed by atoms with Crippen molar-refractivity contribution in [1.82, 2.24) is 15.1 Å². The molecule has 1 unspecified atom stereocenters. The zero-order valence-electron chi connectivity index (χ0n) is 24.0. The summed E-state index contributed by atoms with van der Waals surface area (Å²) in [6, 6.07) is 3.53. The van der Waals surface area contributed by atoms with Gasteiger partial charge in [0.05, 0.1) is 21.2 Å². The van der Waals surface area contributed by atoms with Gasteiger partial charge in [0, 0.05) is 31.1 Å². The lowest BCUT2D eigenvalue weighted by molar-refractivity contribution is -0.0768. The maximum Gasteiger partial charge on any atom is 0.410 e. The van der Waals surface area contributed by atoms with Crippen molar-refractivity contribution in [3.63, 3.8) is 0 Å². The Hall–Kier alpha value is -2.60. The van der Waals surface area contributed by atoms with Gasteiger partial charge in [-0.05, 0) is 83.1 Å². The molecule has 0 bridgehead atoms. The number of likely N-dealkylation sites (tertiary alicyclic amines) is 2. The molecule has 4 rings (SSSR count). The molecule has 1 atom stereocenters. The Labute approximate surface area is 262 Å². The average molecular weight is 669 g/mol. The van der Waals surface area contributed by atoms with Gasteiger partial charge in [-0.3, -0.25) is 9.59 Å². The Morgan fingerprint density at radius 3 is 1.93 bits per heavy atom. The zero-order valence-corrected chi connectivity index (χ0v) is 26.3. The quantitative estimate of drug-likeness (QED) is 0.210. The highest BCUT2D eigenvalue weighted by Crippen LogP contribution is 2.40. The Bertz CT molecular complexity index is 1380. The highest BCUT2D eigenvalue weighted by atomic mass is 35.5. The third-order valence-corrected chi connectivity index (χ3v) is 8.18. The van der Waals surface area contributed by atoms with E-state index in [0.717, 1.165) is 50.1 Å². The highest BCUT2D eigenvalue weighted by molar-refractivity contribution is 6.68. The number of rotatable bonds is 5. The monoisotopic (exact) mass is 667 g/mol. The second kappa shape index (κ2) is 14.0. The van der Waals surface area contributed by atoms with Gasteiger partial charge in [-0.2, -0.15) is 0 Å². The van der Waals surface area contributed by atoms with Gasteiger partial charge in [0.25, 0.3) is 11.1 Å². The van der Waals surface area contributed by atoms with Crippen LogP contribution in [0.15, 0.2) is 24.3 Å². The van der Waals surface area contributed by atoms with Gasteiger partial charge in [0.2, 0.25) is 0 Å². The summed E-state index contributed by atoms with van der Waals surface area (Å²) in [7, 11) is 2.03. The van der Waals surface area contributed by atoms with Gasteiger partial charge in [0.1, 0.15) is 28.9 Å². The number of amides is 2. The molecule has 14 heteroatoms. The minimum Gasteiger partial charge on any atom is -0.444 e. The molecule has 2 aliphatic heterocycles. The number of nitrogens with one attached hydrogen (secondary N) is 1. The SMILES string of the molecule is CN1CCCCC1C1(CNC(=O)c2c(F)ccc(F)c2Cl)CN(C(=O)OC(C)(C)C)C1.O=C(Cl)c1c(F)ccc(F)c1Cl. The van der Waals surface area contributed by atoms with E-state index in [2.05, 4.69) is 10.2 Å². The first-order valence-corrected chi connectivity index (χ1v) is 14.5. The van der Waals surface area contributed by atoms with Crippen LogP contribution in [0, 0.1) is 28.7 Å². The minimum atomic E-state index is -1.11. The lowest BCUT2D eigenvalue weighted by Crippen LogP contribution is -2.70. The molecule has 43 heavy (non-hydrogen) atoms. The van der Waals surface area contributed by atoms with Crippen molar-refractivity contribution in [3.8, 4) is 0 Å². The summed E-state index contributed by atoms with van der Waals surface area (Å²) in [6.45, 7) is 7.40. The third kappa shape index (κ3) is 8.32. The first kappa shape index (κ1) is 34.9. The van der Waals surface area contributed by atoms with Crippen LogP contribution < -0.4 is 5.32 Å². The average Bonchev–Trinajstić information content (AvgIpc) is 2.88. The molecule has 7 nitrogen and oxygen atoms in total. The van der Waals surface area contributed by atoms with E-state index in [1.807, 2.05) is 27.8 Å². The molecular weight excluding hydrogens is 637 g/mol. The number of carbonyl (C=O) groups is 3. The van der Waals surface area contributed by atoms with E-state index < -0.39 is 72.7 Å². The van der Waals surface area contributed by atoms with Gasteiger partial charge in [-0.25, -0.2) is 22.4 Å². The molecule has 2 heterocycles. The van der Waals surface area contributed by atoms with Crippen molar-refractivity contribution in [2.75, 3.05) is 33.2 Å². The third-order valence-electron chi connectivity index (χ3n) is 7.25. The molecule has 1 N–H and O–H groups in total. The second-order valence-corrected chi connectivity index (χ2v) is 12.7. The van der Waals surface area contributed by atoms with Crippen LogP contribution in [-0.2, 0) is 4.74 Å². The Kier molecular flexibility index (Phi) is 11.4. The zero-order chi connectivity index (χ0) is 32.3. The summed E-state index contributed by atoms with van der Waals surface area (Å²) in [6.07, 6.45) is 2.69. The van der Waals surface area contributed by atoms with Crippen molar-refractivity contribution in [2.45, 2.75) is 51.7 Å². The van der Waals surface area contributed by atoms with Crippen molar-refractivity contribution < 1.29 is 36.7 Å². The molecule has 0 saturated carbocycles. The minimum absolute atomic E-state index is 0.146. The van der Waals surface area contributed by atoms with E-state index in [1.54, 1.807) is 4.90 Å². The summed E-state index contributed by atoms with van der Waals surface area (Å²) in [5.74, 6) is -4.30. The normalized spacial score (nSPS) is 18.2. The Balaban J connectivity index is 0.000000353. The van der Waals surface area contributed by atoms with Gasteiger partial charge in [0.15, 0.2) is 0 Å². The molecule has 2 aliphatic rings. The molecule has 0 aromatic heterocycles. The summed E-state index contributed by atoms with van der Waals surface area (Å²) >= 11 is 16.1.